The van der Waals surface area contributed by atoms with Crippen molar-refractivity contribution >= 4 is 11.6 Å². The SMILES string of the molecule is CC[C@H](Oc1cccc(C)c1)C(=O)Nc1c(F)cccc1F. The van der Waals surface area contributed by atoms with Crippen LogP contribution in [0.25, 0.3) is 0 Å². The summed E-state index contributed by atoms with van der Waals surface area (Å²) in [6.07, 6.45) is -0.462. The van der Waals surface area contributed by atoms with Crippen molar-refractivity contribution in [2.75, 3.05) is 5.32 Å². The second-order valence-corrected chi connectivity index (χ2v) is 4.92. The van der Waals surface area contributed by atoms with E-state index in [-0.39, 0.29) is 0 Å². The molecule has 1 atom stereocenters. The van der Waals surface area contributed by atoms with E-state index in [0.717, 1.165) is 17.7 Å². The molecule has 0 saturated carbocycles. The molecule has 0 bridgehead atoms. The maximum Gasteiger partial charge on any atom is 0.265 e. The average Bonchev–Trinajstić information content (AvgIpc) is 2.48. The van der Waals surface area contributed by atoms with Crippen molar-refractivity contribution in [3.8, 4) is 5.75 Å². The van der Waals surface area contributed by atoms with E-state index >= 15 is 0 Å². The summed E-state index contributed by atoms with van der Waals surface area (Å²) in [6, 6.07) is 10.6. The van der Waals surface area contributed by atoms with Gasteiger partial charge >= 0.3 is 0 Å². The molecule has 0 unspecified atom stereocenters. The van der Waals surface area contributed by atoms with Gasteiger partial charge in [0, 0.05) is 0 Å². The third-order valence-corrected chi connectivity index (χ3v) is 3.14. The number of hydrogen-bond acceptors (Lipinski definition) is 2. The lowest BCUT2D eigenvalue weighted by Gasteiger charge is -2.18. The van der Waals surface area contributed by atoms with Crippen molar-refractivity contribution in [3.63, 3.8) is 0 Å². The average molecular weight is 305 g/mol. The van der Waals surface area contributed by atoms with Crippen molar-refractivity contribution in [2.45, 2.75) is 26.4 Å². The number of nitrogens with one attached hydrogen (secondary N) is 1. The molecule has 2 aromatic rings. The van der Waals surface area contributed by atoms with Gasteiger partial charge in [-0.1, -0.05) is 25.1 Å². The monoisotopic (exact) mass is 305 g/mol. The summed E-state index contributed by atoms with van der Waals surface area (Å²) < 4.78 is 32.7. The van der Waals surface area contributed by atoms with Crippen LogP contribution in [0.5, 0.6) is 5.75 Å². The number of ether oxygens (including phenoxy) is 1. The molecular formula is C17H17F2NO2. The largest absolute Gasteiger partial charge is 0.481 e. The molecule has 2 rings (SSSR count). The minimum atomic E-state index is -0.833. The van der Waals surface area contributed by atoms with Crippen LogP contribution in [0.1, 0.15) is 18.9 Å². The van der Waals surface area contributed by atoms with Gasteiger partial charge in [0.05, 0.1) is 0 Å². The van der Waals surface area contributed by atoms with Crippen molar-refractivity contribution in [1.29, 1.82) is 0 Å². The van der Waals surface area contributed by atoms with Crippen LogP contribution in [0, 0.1) is 18.6 Å². The second-order valence-electron chi connectivity index (χ2n) is 4.92. The van der Waals surface area contributed by atoms with E-state index < -0.39 is 29.3 Å². The number of benzene rings is 2. The van der Waals surface area contributed by atoms with Crippen molar-refractivity contribution < 1.29 is 18.3 Å². The first-order valence-corrected chi connectivity index (χ1v) is 6.99. The van der Waals surface area contributed by atoms with E-state index in [9.17, 15) is 13.6 Å². The fourth-order valence-electron chi connectivity index (χ4n) is 2.00. The van der Waals surface area contributed by atoms with E-state index in [1.54, 1.807) is 19.1 Å². The van der Waals surface area contributed by atoms with Crippen LogP contribution in [0.4, 0.5) is 14.5 Å². The van der Waals surface area contributed by atoms with Gasteiger partial charge in [-0.05, 0) is 43.2 Å². The highest BCUT2D eigenvalue weighted by molar-refractivity contribution is 5.94. The summed E-state index contributed by atoms with van der Waals surface area (Å²) in [5, 5.41) is 2.25. The number of aryl methyl sites for hydroxylation is 1. The van der Waals surface area contributed by atoms with Crippen LogP contribution in [-0.2, 0) is 4.79 Å². The summed E-state index contributed by atoms with van der Waals surface area (Å²) in [5.74, 6) is -1.69. The minimum absolute atomic E-state index is 0.371. The third kappa shape index (κ3) is 3.81. The Kier molecular flexibility index (Phi) is 5.09. The Hall–Kier alpha value is -2.43. The zero-order valence-electron chi connectivity index (χ0n) is 12.4. The Balaban J connectivity index is 2.12. The lowest BCUT2D eigenvalue weighted by molar-refractivity contribution is -0.122. The molecule has 116 valence electrons. The normalized spacial score (nSPS) is 11.8. The van der Waals surface area contributed by atoms with Crippen molar-refractivity contribution in [2.24, 2.45) is 0 Å². The molecule has 1 N–H and O–H groups in total. The van der Waals surface area contributed by atoms with Gasteiger partial charge in [-0.15, -0.1) is 0 Å². The standard InChI is InChI=1S/C17H17F2NO2/c1-3-15(22-12-7-4-6-11(2)10-12)17(21)20-16-13(18)8-5-9-14(16)19/h4-10,15H,3H2,1-2H3,(H,20,21)/t15-/m0/s1. The molecule has 0 heterocycles. The maximum atomic E-state index is 13.6. The predicted octanol–water partition coefficient (Wildman–Crippen LogP) is 4.07. The number of carbonyl (C=O) groups is 1. The smallest absolute Gasteiger partial charge is 0.265 e. The number of para-hydroxylation sites is 1. The van der Waals surface area contributed by atoms with E-state index in [1.807, 2.05) is 19.1 Å². The molecule has 0 fully saturated rings. The highest BCUT2D eigenvalue weighted by Gasteiger charge is 2.21. The number of carbonyl (C=O) groups excluding carboxylic acids is 1. The van der Waals surface area contributed by atoms with Gasteiger partial charge in [-0.25, -0.2) is 8.78 Å². The first kappa shape index (κ1) is 15.9. The quantitative estimate of drug-likeness (QED) is 0.904. The highest BCUT2D eigenvalue weighted by atomic mass is 19.1. The summed E-state index contributed by atoms with van der Waals surface area (Å²) >= 11 is 0. The van der Waals surface area contributed by atoms with Gasteiger partial charge in [0.2, 0.25) is 0 Å². The van der Waals surface area contributed by atoms with Gasteiger partial charge < -0.3 is 10.1 Å². The fraction of sp³-hybridized carbons (Fsp3) is 0.235. The lowest BCUT2D eigenvalue weighted by atomic mass is 10.2. The molecule has 0 aliphatic rings. The second kappa shape index (κ2) is 7.02. The molecule has 0 aliphatic carbocycles. The fourth-order valence-corrected chi connectivity index (χ4v) is 2.00. The van der Waals surface area contributed by atoms with E-state index in [2.05, 4.69) is 5.32 Å². The molecule has 0 aromatic heterocycles. The van der Waals surface area contributed by atoms with Crippen LogP contribution < -0.4 is 10.1 Å². The molecule has 3 nitrogen and oxygen atoms in total. The van der Waals surface area contributed by atoms with Crippen LogP contribution >= 0.6 is 0 Å². The zero-order valence-corrected chi connectivity index (χ0v) is 12.4. The molecular weight excluding hydrogens is 288 g/mol. The van der Waals surface area contributed by atoms with Crippen LogP contribution in [0.2, 0.25) is 0 Å². The van der Waals surface area contributed by atoms with Crippen LogP contribution in [0.3, 0.4) is 0 Å². The van der Waals surface area contributed by atoms with Gasteiger partial charge in [0.1, 0.15) is 23.1 Å². The number of amides is 1. The first-order valence-electron chi connectivity index (χ1n) is 6.99. The predicted molar refractivity (Wildman–Crippen MR) is 80.9 cm³/mol. The first-order chi connectivity index (χ1) is 10.5. The third-order valence-electron chi connectivity index (χ3n) is 3.14. The lowest BCUT2D eigenvalue weighted by Crippen LogP contribution is -2.33. The minimum Gasteiger partial charge on any atom is -0.481 e. The topological polar surface area (TPSA) is 38.3 Å². The Morgan fingerprint density at radius 2 is 1.82 bits per heavy atom. The molecule has 0 spiro atoms. The Morgan fingerprint density at radius 3 is 2.41 bits per heavy atom. The van der Waals surface area contributed by atoms with Crippen LogP contribution in [-0.4, -0.2) is 12.0 Å². The van der Waals surface area contributed by atoms with Gasteiger partial charge in [-0.2, -0.15) is 0 Å². The number of hydrogen-bond donors (Lipinski definition) is 1. The Labute approximate surface area is 127 Å². The number of halogens is 2. The summed E-state index contributed by atoms with van der Waals surface area (Å²) in [7, 11) is 0. The van der Waals surface area contributed by atoms with E-state index in [0.29, 0.717) is 12.2 Å². The molecule has 0 aliphatic heterocycles. The molecule has 2 aromatic carbocycles. The van der Waals surface area contributed by atoms with Gasteiger partial charge in [0.25, 0.3) is 5.91 Å². The van der Waals surface area contributed by atoms with Crippen molar-refractivity contribution in [3.05, 3.63) is 59.7 Å². The summed E-state index contributed by atoms with van der Waals surface area (Å²) in [4.78, 5) is 12.2. The van der Waals surface area contributed by atoms with Crippen LogP contribution in [0.15, 0.2) is 42.5 Å². The molecule has 0 saturated heterocycles. The molecule has 22 heavy (non-hydrogen) atoms. The van der Waals surface area contributed by atoms with Gasteiger partial charge in [-0.3, -0.25) is 4.79 Å². The van der Waals surface area contributed by atoms with E-state index in [4.69, 9.17) is 4.74 Å². The zero-order chi connectivity index (χ0) is 16.1. The summed E-state index contributed by atoms with van der Waals surface area (Å²) in [5.41, 5.74) is 0.534. The highest BCUT2D eigenvalue weighted by Crippen LogP contribution is 2.20. The molecule has 5 heteroatoms. The molecule has 1 amide bonds. The van der Waals surface area contributed by atoms with Gasteiger partial charge in [0.15, 0.2) is 6.10 Å². The maximum absolute atomic E-state index is 13.6. The number of anilines is 1. The number of rotatable bonds is 5. The van der Waals surface area contributed by atoms with E-state index in [1.165, 1.54) is 6.07 Å². The Bertz CT molecular complexity index is 653. The summed E-state index contributed by atoms with van der Waals surface area (Å²) in [6.45, 7) is 3.67. The molecule has 0 radical (unpaired) electrons. The van der Waals surface area contributed by atoms with Crippen molar-refractivity contribution in [1.82, 2.24) is 0 Å². The Morgan fingerprint density at radius 1 is 1.18 bits per heavy atom.